The number of hydrogen-bond acceptors (Lipinski definition) is 2. The first-order chi connectivity index (χ1) is 5.14. The maximum absolute atomic E-state index is 10.7. The summed E-state index contributed by atoms with van der Waals surface area (Å²) in [6.45, 7) is 6.00. The Labute approximate surface area is 121 Å². The van der Waals surface area contributed by atoms with Crippen molar-refractivity contribution in [3.63, 3.8) is 0 Å². The molecule has 0 rings (SSSR count). The van der Waals surface area contributed by atoms with Crippen LogP contribution in [-0.2, 0) is 9.59 Å². The van der Waals surface area contributed by atoms with Gasteiger partial charge in [0, 0.05) is 0 Å². The number of hydrogen-bond donors (Lipinski definition) is 2. The molecule has 0 heterocycles. The van der Waals surface area contributed by atoms with Crippen LogP contribution in [0.15, 0.2) is 0 Å². The van der Waals surface area contributed by atoms with Gasteiger partial charge in [-0.05, 0) is 12.3 Å². The van der Waals surface area contributed by atoms with Crippen molar-refractivity contribution < 1.29 is 71.1 Å². The molecule has 0 fully saturated rings. The van der Waals surface area contributed by atoms with Gasteiger partial charge in [-0.1, -0.05) is 20.8 Å². The van der Waals surface area contributed by atoms with Crippen LogP contribution in [0.5, 0.6) is 0 Å². The first-order valence-corrected chi connectivity index (χ1v) is 3.61. The second-order valence-electron chi connectivity index (χ2n) is 3.99. The summed E-state index contributed by atoms with van der Waals surface area (Å²) in [5.41, 5.74) is -2.53. The third-order valence-electron chi connectivity index (χ3n) is 2.36. The average Bonchev–Trinajstić information content (AvgIpc) is 1.82. The molecule has 74 valence electrons. The van der Waals surface area contributed by atoms with Gasteiger partial charge in [-0.2, -0.15) is 0 Å². The summed E-state index contributed by atoms with van der Waals surface area (Å²) < 4.78 is 0. The molecule has 0 aromatic rings. The minimum absolute atomic E-state index is 0. The Balaban J connectivity index is -0.000000101. The summed E-state index contributed by atoms with van der Waals surface area (Å²) in [5.74, 6) is -2.61. The predicted octanol–water partition coefficient (Wildman–Crippen LogP) is -4.56. The fourth-order valence-electron chi connectivity index (χ4n) is 0.733. The Morgan fingerprint density at radius 1 is 1.00 bits per heavy atom. The van der Waals surface area contributed by atoms with Crippen molar-refractivity contribution >= 4 is 11.9 Å². The molecule has 0 amide bonds. The van der Waals surface area contributed by atoms with Crippen LogP contribution in [0.3, 0.4) is 0 Å². The molecular formula is C8H16LiNaO4. The first-order valence-electron chi connectivity index (χ1n) is 3.61. The van der Waals surface area contributed by atoms with Gasteiger partial charge >= 0.3 is 60.4 Å². The molecule has 0 saturated heterocycles. The Kier molecular flexibility index (Phi) is 8.85. The molecule has 0 aromatic heterocycles. The number of carbonyl (C=O) groups is 2. The van der Waals surface area contributed by atoms with Crippen LogP contribution in [0.4, 0.5) is 0 Å². The predicted molar refractivity (Wildman–Crippen MR) is 45.1 cm³/mol. The molecule has 0 spiro atoms. The van der Waals surface area contributed by atoms with Gasteiger partial charge < -0.3 is 13.1 Å². The third-order valence-corrected chi connectivity index (χ3v) is 2.36. The summed E-state index contributed by atoms with van der Waals surface area (Å²) >= 11 is 0. The Hall–Kier alpha value is 0.537. The van der Waals surface area contributed by atoms with Crippen LogP contribution in [0.1, 0.15) is 30.5 Å². The largest absolute Gasteiger partial charge is 1.00 e. The molecule has 0 radical (unpaired) electrons. The van der Waals surface area contributed by atoms with E-state index in [1.165, 1.54) is 6.92 Å². The summed E-state index contributed by atoms with van der Waals surface area (Å²) in [5, 5.41) is 17.5. The molecule has 2 N–H and O–H groups in total. The fourth-order valence-corrected chi connectivity index (χ4v) is 0.733. The van der Waals surface area contributed by atoms with Crippen LogP contribution >= 0.6 is 0 Å². The van der Waals surface area contributed by atoms with Gasteiger partial charge in [-0.15, -0.1) is 0 Å². The first kappa shape index (κ1) is 20.0. The van der Waals surface area contributed by atoms with Gasteiger partial charge in [0.2, 0.25) is 0 Å². The summed E-state index contributed by atoms with van der Waals surface area (Å²) in [4.78, 5) is 21.5. The van der Waals surface area contributed by atoms with Gasteiger partial charge in [0.15, 0.2) is 5.41 Å². The maximum Gasteiger partial charge on any atom is 1.00 e. The standard InChI is InChI=1S/C8H14O4.Li.Na.2H/c1-7(2,3)8(4,5(9)10)6(11)12;;;;/h1-4H3,(H,9,10)(H,11,12);;;;/q;2*+1;2*-1. The quantitative estimate of drug-likeness (QED) is 0.352. The van der Waals surface area contributed by atoms with Gasteiger partial charge in [0.05, 0.1) is 0 Å². The molecular weight excluding hydrogens is 190 g/mol. The van der Waals surface area contributed by atoms with Crippen LogP contribution < -0.4 is 48.4 Å². The number of carboxylic acids is 2. The van der Waals surface area contributed by atoms with Crippen LogP contribution in [-0.4, -0.2) is 22.2 Å². The summed E-state index contributed by atoms with van der Waals surface area (Å²) in [6.07, 6.45) is 0. The van der Waals surface area contributed by atoms with Crippen LogP contribution in [0, 0.1) is 10.8 Å². The Morgan fingerprint density at radius 2 is 1.21 bits per heavy atom. The minimum atomic E-state index is -1.73. The second-order valence-corrected chi connectivity index (χ2v) is 3.99. The van der Waals surface area contributed by atoms with E-state index < -0.39 is 22.8 Å². The topological polar surface area (TPSA) is 74.6 Å². The zero-order chi connectivity index (χ0) is 10.2. The maximum atomic E-state index is 10.7. The van der Waals surface area contributed by atoms with E-state index in [1.807, 2.05) is 0 Å². The van der Waals surface area contributed by atoms with Gasteiger partial charge in [0.25, 0.3) is 0 Å². The monoisotopic (exact) mass is 206 g/mol. The molecule has 0 saturated carbocycles. The molecule has 14 heavy (non-hydrogen) atoms. The SMILES string of the molecule is CC(C)(C)C(C)(C(=O)O)C(=O)O.[H-].[H-].[Li+].[Na+]. The van der Waals surface area contributed by atoms with E-state index in [9.17, 15) is 9.59 Å². The fraction of sp³-hybridized carbons (Fsp3) is 0.750. The van der Waals surface area contributed by atoms with Crippen LogP contribution in [0.25, 0.3) is 0 Å². The van der Waals surface area contributed by atoms with Crippen molar-refractivity contribution in [2.45, 2.75) is 27.7 Å². The van der Waals surface area contributed by atoms with E-state index in [1.54, 1.807) is 20.8 Å². The van der Waals surface area contributed by atoms with E-state index >= 15 is 0 Å². The molecule has 0 bridgehead atoms. The molecule has 4 nitrogen and oxygen atoms in total. The summed E-state index contributed by atoms with van der Waals surface area (Å²) in [7, 11) is 0. The van der Waals surface area contributed by atoms with E-state index in [-0.39, 0.29) is 51.3 Å². The van der Waals surface area contributed by atoms with Gasteiger partial charge in [-0.3, -0.25) is 9.59 Å². The van der Waals surface area contributed by atoms with E-state index in [2.05, 4.69) is 0 Å². The zero-order valence-electron chi connectivity index (χ0n) is 11.7. The molecule has 6 heteroatoms. The normalized spacial score (nSPS) is 10.9. The molecule has 0 aromatic carbocycles. The van der Waals surface area contributed by atoms with Crippen molar-refractivity contribution in [1.29, 1.82) is 0 Å². The van der Waals surface area contributed by atoms with Crippen molar-refractivity contribution in [1.82, 2.24) is 0 Å². The minimum Gasteiger partial charge on any atom is -1.00 e. The molecule has 0 unspecified atom stereocenters. The molecule has 0 aliphatic rings. The second kappa shape index (κ2) is 6.19. The van der Waals surface area contributed by atoms with Crippen molar-refractivity contribution in [2.75, 3.05) is 0 Å². The van der Waals surface area contributed by atoms with Crippen molar-refractivity contribution in [3.8, 4) is 0 Å². The van der Waals surface area contributed by atoms with Crippen molar-refractivity contribution in [3.05, 3.63) is 0 Å². The average molecular weight is 206 g/mol. The van der Waals surface area contributed by atoms with Crippen LogP contribution in [0.2, 0.25) is 0 Å². The van der Waals surface area contributed by atoms with E-state index in [4.69, 9.17) is 10.2 Å². The van der Waals surface area contributed by atoms with Gasteiger partial charge in [-0.25, -0.2) is 0 Å². The number of carboxylic acid groups (broad SMARTS) is 2. The Morgan fingerprint density at radius 3 is 1.21 bits per heavy atom. The number of rotatable bonds is 2. The van der Waals surface area contributed by atoms with E-state index in [0.29, 0.717) is 0 Å². The van der Waals surface area contributed by atoms with Gasteiger partial charge in [0.1, 0.15) is 0 Å². The van der Waals surface area contributed by atoms with E-state index in [0.717, 1.165) is 0 Å². The molecule has 0 aliphatic carbocycles. The Bertz CT molecular complexity index is 217. The molecule has 0 aliphatic heterocycles. The van der Waals surface area contributed by atoms with Crippen molar-refractivity contribution in [2.24, 2.45) is 10.8 Å². The molecule has 0 atom stereocenters. The smallest absolute Gasteiger partial charge is 1.00 e. The summed E-state index contributed by atoms with van der Waals surface area (Å²) in [6, 6.07) is 0. The zero-order valence-corrected chi connectivity index (χ0v) is 11.7. The third kappa shape index (κ3) is 3.60. The number of aliphatic carboxylic acids is 2.